The van der Waals surface area contributed by atoms with Crippen LogP contribution in [0.4, 0.5) is 5.69 Å². The molecule has 2 aromatic heterocycles. The van der Waals surface area contributed by atoms with Crippen molar-refractivity contribution in [2.75, 3.05) is 24.7 Å². The van der Waals surface area contributed by atoms with Crippen molar-refractivity contribution in [3.63, 3.8) is 0 Å². The van der Waals surface area contributed by atoms with Crippen LogP contribution in [0.3, 0.4) is 0 Å². The van der Waals surface area contributed by atoms with Gasteiger partial charge in [0.1, 0.15) is 13.3 Å². The van der Waals surface area contributed by atoms with Crippen molar-refractivity contribution < 1.29 is 34.3 Å². The van der Waals surface area contributed by atoms with Crippen molar-refractivity contribution in [1.82, 2.24) is 15.9 Å². The van der Waals surface area contributed by atoms with Gasteiger partial charge in [-0.25, -0.2) is 0 Å². The van der Waals surface area contributed by atoms with Gasteiger partial charge in [0.25, 0.3) is 5.91 Å². The van der Waals surface area contributed by atoms with Crippen molar-refractivity contribution in [1.29, 1.82) is 0 Å². The molecule has 0 aliphatic rings. The highest BCUT2D eigenvalue weighted by molar-refractivity contribution is 6.34. The molecule has 0 aliphatic heterocycles. The Morgan fingerprint density at radius 1 is 0.875 bits per heavy atom. The monoisotopic (exact) mass is 648 g/mol. The number of pyridine rings is 1. The molecule has 246 valence electrons. The Balaban J connectivity index is 0.000000453. The Bertz CT molecular complexity index is 1690. The number of amides is 2. The molecule has 12 heteroatoms. The Hall–Kier alpha value is -5.11. The summed E-state index contributed by atoms with van der Waals surface area (Å²) in [6.07, 6.45) is 4.48. The third-order valence-electron chi connectivity index (χ3n) is 7.51. The van der Waals surface area contributed by atoms with E-state index in [1.165, 1.54) is 23.0 Å². The zero-order chi connectivity index (χ0) is 34.4. The lowest BCUT2D eigenvalue weighted by Gasteiger charge is -2.40. The molecule has 5 aromatic rings. The first kappa shape index (κ1) is 35.7. The van der Waals surface area contributed by atoms with E-state index in [9.17, 15) is 9.59 Å². The standard InChI is InChI=1S/C31H24BN3O3.C5H13NO4/c32-31(26-13-7-19-33-22-26,30(37)34-21-23-9-3-1-4-10-23)35(29(36)28-14-8-20-38-28)27-17-15-25(16-18-27)24-11-5-2-6-12-24;1-5(2-7,3-8)4-10-6-9/h1-20,22H,21H2,(H,34,37);6-9H,2-4H2,1H3. The Kier molecular flexibility index (Phi) is 12.8. The van der Waals surface area contributed by atoms with Crippen LogP contribution in [-0.4, -0.2) is 59.9 Å². The number of benzene rings is 3. The zero-order valence-electron chi connectivity index (χ0n) is 26.4. The highest BCUT2D eigenvalue weighted by atomic mass is 16.8. The number of furan rings is 1. The predicted octanol–water partition coefficient (Wildman–Crippen LogP) is 4.21. The highest BCUT2D eigenvalue weighted by Crippen LogP contribution is 2.34. The Morgan fingerprint density at radius 3 is 2.08 bits per heavy atom. The molecule has 1 atom stereocenters. The zero-order valence-corrected chi connectivity index (χ0v) is 26.4. The van der Waals surface area contributed by atoms with Crippen LogP contribution in [0, 0.1) is 5.41 Å². The van der Waals surface area contributed by atoms with Crippen LogP contribution in [0.25, 0.3) is 11.1 Å². The van der Waals surface area contributed by atoms with E-state index in [1.54, 1.807) is 49.5 Å². The molecule has 0 saturated carbocycles. The highest BCUT2D eigenvalue weighted by Gasteiger charge is 2.45. The summed E-state index contributed by atoms with van der Waals surface area (Å²) in [7, 11) is 6.97. The maximum atomic E-state index is 13.9. The van der Waals surface area contributed by atoms with Crippen LogP contribution in [-0.2, 0) is 21.6 Å². The van der Waals surface area contributed by atoms with E-state index < -0.39 is 22.7 Å². The molecule has 0 fully saturated rings. The second kappa shape index (κ2) is 17.2. The fourth-order valence-electron chi connectivity index (χ4n) is 4.64. The molecule has 0 saturated heterocycles. The molecule has 11 nitrogen and oxygen atoms in total. The number of nitrogens with one attached hydrogen (secondary N) is 2. The van der Waals surface area contributed by atoms with Crippen LogP contribution < -0.4 is 15.9 Å². The number of carbonyl (C=O) groups excluding carboxylic acids is 2. The van der Waals surface area contributed by atoms with Gasteiger partial charge in [-0.3, -0.25) is 29.5 Å². The minimum absolute atomic E-state index is 0.0479. The predicted molar refractivity (Wildman–Crippen MR) is 181 cm³/mol. The van der Waals surface area contributed by atoms with E-state index in [2.05, 4.69) is 15.1 Å². The molecular weight excluding hydrogens is 611 g/mol. The third kappa shape index (κ3) is 8.82. The van der Waals surface area contributed by atoms with Crippen LogP contribution in [0.5, 0.6) is 0 Å². The molecule has 0 spiro atoms. The first-order chi connectivity index (χ1) is 23.3. The number of anilines is 1. The SMILES string of the molecule is CC(CO)(CO)CONO.[B]C(C(=O)NCc1ccccc1)(c1cccnc1)N(C(=O)c1ccco1)c1ccc(-c2ccccc2)cc1. The molecule has 0 bridgehead atoms. The normalized spacial score (nSPS) is 12.2. The molecule has 1 unspecified atom stereocenters. The second-order valence-corrected chi connectivity index (χ2v) is 11.2. The fraction of sp³-hybridized carbons (Fsp3) is 0.194. The number of aromatic nitrogens is 1. The summed E-state index contributed by atoms with van der Waals surface area (Å²) in [5, 5.41) is 28.2. The quantitative estimate of drug-likeness (QED) is 0.0932. The van der Waals surface area contributed by atoms with E-state index in [0.717, 1.165) is 16.7 Å². The summed E-state index contributed by atoms with van der Waals surface area (Å²) in [6, 6.07) is 33.2. The first-order valence-electron chi connectivity index (χ1n) is 15.0. The molecule has 2 radical (unpaired) electrons. The summed E-state index contributed by atoms with van der Waals surface area (Å²) < 4.78 is 5.44. The maximum Gasteiger partial charge on any atom is 0.294 e. The molecular formula is C36H37BN4O7. The number of nitrogens with zero attached hydrogens (tertiary/aromatic N) is 2. The largest absolute Gasteiger partial charge is 0.459 e. The van der Waals surface area contributed by atoms with E-state index in [0.29, 0.717) is 11.3 Å². The topological polar surface area (TPSA) is 157 Å². The van der Waals surface area contributed by atoms with Crippen molar-refractivity contribution in [2.45, 2.75) is 18.9 Å². The minimum atomic E-state index is -1.94. The van der Waals surface area contributed by atoms with Crippen LogP contribution in [0.1, 0.15) is 28.6 Å². The van der Waals surface area contributed by atoms with Crippen LogP contribution >= 0.6 is 0 Å². The number of carbonyl (C=O) groups is 2. The molecule has 2 heterocycles. The van der Waals surface area contributed by atoms with Gasteiger partial charge in [0.05, 0.1) is 26.1 Å². The molecule has 2 amide bonds. The van der Waals surface area contributed by atoms with Gasteiger partial charge < -0.3 is 19.9 Å². The van der Waals surface area contributed by atoms with Gasteiger partial charge in [0, 0.05) is 30.0 Å². The van der Waals surface area contributed by atoms with Crippen molar-refractivity contribution in [3.05, 3.63) is 145 Å². The lowest BCUT2D eigenvalue weighted by atomic mass is 9.69. The molecule has 0 aliphatic carbocycles. The fourth-order valence-corrected chi connectivity index (χ4v) is 4.64. The minimum Gasteiger partial charge on any atom is -0.459 e. The summed E-state index contributed by atoms with van der Waals surface area (Å²) in [4.78, 5) is 37.6. The smallest absolute Gasteiger partial charge is 0.294 e. The van der Waals surface area contributed by atoms with Gasteiger partial charge in [-0.05, 0) is 52.6 Å². The van der Waals surface area contributed by atoms with Gasteiger partial charge in [-0.1, -0.05) is 91.4 Å². The summed E-state index contributed by atoms with van der Waals surface area (Å²) in [5.74, 6) is -1.09. The third-order valence-corrected chi connectivity index (χ3v) is 7.51. The average Bonchev–Trinajstić information content (AvgIpc) is 3.70. The van der Waals surface area contributed by atoms with E-state index >= 15 is 0 Å². The van der Waals surface area contributed by atoms with Gasteiger partial charge in [0.2, 0.25) is 5.91 Å². The lowest BCUT2D eigenvalue weighted by Crippen LogP contribution is -2.59. The van der Waals surface area contributed by atoms with Crippen LogP contribution in [0.15, 0.2) is 132 Å². The number of rotatable bonds is 13. The van der Waals surface area contributed by atoms with Crippen molar-refractivity contribution >= 4 is 25.3 Å². The molecule has 5 rings (SSSR count). The summed E-state index contributed by atoms with van der Waals surface area (Å²) in [5.41, 5.74) is 2.47. The number of hydrogen-bond acceptors (Lipinski definition) is 9. The summed E-state index contributed by atoms with van der Waals surface area (Å²) in [6.45, 7) is 1.53. The average molecular weight is 649 g/mol. The van der Waals surface area contributed by atoms with Gasteiger partial charge in [-0.2, -0.15) is 0 Å². The van der Waals surface area contributed by atoms with Crippen LogP contribution in [0.2, 0.25) is 0 Å². The number of hydrogen-bond donors (Lipinski definition) is 5. The van der Waals surface area contributed by atoms with Gasteiger partial charge in [-0.15, -0.1) is 0 Å². The molecule has 5 N–H and O–H groups in total. The molecule has 48 heavy (non-hydrogen) atoms. The second-order valence-electron chi connectivity index (χ2n) is 11.2. The maximum absolute atomic E-state index is 13.9. The Labute approximate surface area is 280 Å². The lowest BCUT2D eigenvalue weighted by molar-refractivity contribution is -0.160. The number of aliphatic hydroxyl groups is 2. The van der Waals surface area contributed by atoms with E-state index in [4.69, 9.17) is 27.7 Å². The first-order valence-corrected chi connectivity index (χ1v) is 15.0. The van der Waals surface area contributed by atoms with E-state index in [1.807, 2.05) is 72.8 Å². The van der Waals surface area contributed by atoms with Gasteiger partial charge >= 0.3 is 0 Å². The van der Waals surface area contributed by atoms with Crippen molar-refractivity contribution in [2.24, 2.45) is 5.41 Å². The summed E-state index contributed by atoms with van der Waals surface area (Å²) >= 11 is 0. The molecule has 3 aromatic carbocycles. The Morgan fingerprint density at radius 2 is 1.52 bits per heavy atom. The van der Waals surface area contributed by atoms with E-state index in [-0.39, 0.29) is 32.1 Å². The van der Waals surface area contributed by atoms with Gasteiger partial charge in [0.15, 0.2) is 5.76 Å². The van der Waals surface area contributed by atoms with Crippen molar-refractivity contribution in [3.8, 4) is 11.1 Å². The number of aliphatic hydroxyl groups excluding tert-OH is 2.